The highest BCUT2D eigenvalue weighted by atomic mass is 16.5. The molecule has 0 bridgehead atoms. The van der Waals surface area contributed by atoms with Crippen LogP contribution in [0.25, 0.3) is 0 Å². The summed E-state index contributed by atoms with van der Waals surface area (Å²) in [4.78, 5) is 4.24. The van der Waals surface area contributed by atoms with Crippen LogP contribution in [0.3, 0.4) is 0 Å². The van der Waals surface area contributed by atoms with Crippen LogP contribution in [-0.4, -0.2) is 24.2 Å². The van der Waals surface area contributed by atoms with Gasteiger partial charge >= 0.3 is 0 Å². The topological polar surface area (TPSA) is 60.2 Å². The summed E-state index contributed by atoms with van der Waals surface area (Å²) in [7, 11) is 0. The Morgan fingerprint density at radius 2 is 2.40 bits per heavy atom. The zero-order valence-electron chi connectivity index (χ0n) is 9.36. The van der Waals surface area contributed by atoms with E-state index in [2.05, 4.69) is 17.2 Å². The quantitative estimate of drug-likeness (QED) is 0.747. The number of aromatic nitrogens is 1. The number of nitrogens with one attached hydrogen (secondary N) is 1. The third-order valence-corrected chi connectivity index (χ3v) is 2.05. The van der Waals surface area contributed by atoms with Gasteiger partial charge in [-0.05, 0) is 38.9 Å². The molecule has 0 amide bonds. The van der Waals surface area contributed by atoms with Gasteiger partial charge in [0.15, 0.2) is 11.6 Å². The maximum Gasteiger partial charge on any atom is 0.168 e. The largest absolute Gasteiger partial charge is 0.490 e. The molecule has 15 heavy (non-hydrogen) atoms. The number of nitrogens with two attached hydrogens (primary N) is 1. The molecule has 1 unspecified atom stereocenters. The van der Waals surface area contributed by atoms with Crippen molar-refractivity contribution < 1.29 is 4.74 Å². The summed E-state index contributed by atoms with van der Waals surface area (Å²) in [6.45, 7) is 5.36. The Bertz CT molecular complexity index is 291. The fraction of sp³-hybridized carbons (Fsp3) is 0.545. The van der Waals surface area contributed by atoms with Crippen molar-refractivity contribution in [2.45, 2.75) is 26.3 Å². The molecule has 1 aromatic heterocycles. The zero-order chi connectivity index (χ0) is 11.1. The van der Waals surface area contributed by atoms with Crippen LogP contribution in [0.4, 0.5) is 5.82 Å². The lowest BCUT2D eigenvalue weighted by Gasteiger charge is -2.16. The summed E-state index contributed by atoms with van der Waals surface area (Å²) in [6, 6.07) is 4.08. The highest BCUT2D eigenvalue weighted by molar-refractivity contribution is 5.49. The summed E-state index contributed by atoms with van der Waals surface area (Å²) < 4.78 is 5.46. The van der Waals surface area contributed by atoms with E-state index in [0.29, 0.717) is 19.2 Å². The van der Waals surface area contributed by atoms with Gasteiger partial charge in [0.2, 0.25) is 0 Å². The molecule has 4 nitrogen and oxygen atoms in total. The minimum atomic E-state index is 0.309. The van der Waals surface area contributed by atoms with E-state index in [1.807, 2.05) is 19.1 Å². The van der Waals surface area contributed by atoms with Crippen LogP contribution in [-0.2, 0) is 0 Å². The van der Waals surface area contributed by atoms with Crippen LogP contribution in [0, 0.1) is 0 Å². The van der Waals surface area contributed by atoms with E-state index < -0.39 is 0 Å². The van der Waals surface area contributed by atoms with Crippen molar-refractivity contribution in [1.29, 1.82) is 0 Å². The lowest BCUT2D eigenvalue weighted by atomic mass is 10.2. The van der Waals surface area contributed by atoms with Crippen molar-refractivity contribution >= 4 is 5.82 Å². The number of hydrogen-bond acceptors (Lipinski definition) is 4. The second kappa shape index (κ2) is 6.24. The number of anilines is 1. The zero-order valence-corrected chi connectivity index (χ0v) is 9.36. The Morgan fingerprint density at radius 3 is 3.07 bits per heavy atom. The molecule has 0 saturated carbocycles. The summed E-state index contributed by atoms with van der Waals surface area (Å²) in [5, 5.41) is 3.28. The summed E-state index contributed by atoms with van der Waals surface area (Å²) in [6.07, 6.45) is 2.67. The molecule has 84 valence electrons. The first kappa shape index (κ1) is 11.8. The van der Waals surface area contributed by atoms with E-state index in [9.17, 15) is 0 Å². The van der Waals surface area contributed by atoms with Crippen molar-refractivity contribution in [3.63, 3.8) is 0 Å². The first-order chi connectivity index (χ1) is 7.27. The van der Waals surface area contributed by atoms with E-state index in [1.165, 1.54) is 0 Å². The smallest absolute Gasteiger partial charge is 0.168 e. The van der Waals surface area contributed by atoms with Crippen molar-refractivity contribution in [3.05, 3.63) is 18.3 Å². The van der Waals surface area contributed by atoms with E-state index in [1.54, 1.807) is 6.20 Å². The van der Waals surface area contributed by atoms with Crippen molar-refractivity contribution in [2.75, 3.05) is 18.5 Å². The first-order valence-electron chi connectivity index (χ1n) is 5.32. The monoisotopic (exact) mass is 209 g/mol. The Balaban J connectivity index is 2.66. The van der Waals surface area contributed by atoms with Gasteiger partial charge in [0.25, 0.3) is 0 Å². The van der Waals surface area contributed by atoms with E-state index in [-0.39, 0.29) is 0 Å². The molecule has 1 atom stereocenters. The van der Waals surface area contributed by atoms with Crippen LogP contribution >= 0.6 is 0 Å². The number of nitrogens with zero attached hydrogens (tertiary/aromatic N) is 1. The SMILES string of the molecule is CCOc1cccnc1NC(C)CCN. The van der Waals surface area contributed by atoms with E-state index in [4.69, 9.17) is 10.5 Å². The van der Waals surface area contributed by atoms with E-state index in [0.717, 1.165) is 18.0 Å². The van der Waals surface area contributed by atoms with Gasteiger partial charge in [-0.1, -0.05) is 0 Å². The Hall–Kier alpha value is -1.29. The van der Waals surface area contributed by atoms with E-state index >= 15 is 0 Å². The standard InChI is InChI=1S/C11H19N3O/c1-3-15-10-5-4-8-13-11(10)14-9(2)6-7-12/h4-5,8-9H,3,6-7,12H2,1-2H3,(H,13,14). The average molecular weight is 209 g/mol. The molecule has 1 rings (SSSR count). The average Bonchev–Trinajstić information content (AvgIpc) is 2.21. The molecule has 1 heterocycles. The van der Waals surface area contributed by atoms with Gasteiger partial charge in [0.1, 0.15) is 0 Å². The molecule has 0 aliphatic carbocycles. The lowest BCUT2D eigenvalue weighted by molar-refractivity contribution is 0.340. The second-order valence-corrected chi connectivity index (χ2v) is 3.41. The lowest BCUT2D eigenvalue weighted by Crippen LogP contribution is -2.20. The second-order valence-electron chi connectivity index (χ2n) is 3.41. The fourth-order valence-corrected chi connectivity index (χ4v) is 1.33. The Kier molecular flexibility index (Phi) is 4.90. The third kappa shape index (κ3) is 3.75. The number of ether oxygens (including phenoxy) is 1. The first-order valence-corrected chi connectivity index (χ1v) is 5.32. The van der Waals surface area contributed by atoms with Gasteiger partial charge in [-0.2, -0.15) is 0 Å². The molecule has 0 aromatic carbocycles. The minimum Gasteiger partial charge on any atom is -0.490 e. The highest BCUT2D eigenvalue weighted by Crippen LogP contribution is 2.21. The molecule has 1 aromatic rings. The molecular weight excluding hydrogens is 190 g/mol. The van der Waals surface area contributed by atoms with Crippen LogP contribution in [0.15, 0.2) is 18.3 Å². The molecule has 0 radical (unpaired) electrons. The van der Waals surface area contributed by atoms with Crippen molar-refractivity contribution in [1.82, 2.24) is 4.98 Å². The summed E-state index contributed by atoms with van der Waals surface area (Å²) in [5.74, 6) is 1.59. The molecular formula is C11H19N3O. The summed E-state index contributed by atoms with van der Waals surface area (Å²) >= 11 is 0. The Labute approximate surface area is 90.8 Å². The Morgan fingerprint density at radius 1 is 1.60 bits per heavy atom. The van der Waals surface area contributed by atoms with Gasteiger partial charge in [-0.25, -0.2) is 4.98 Å². The molecule has 3 N–H and O–H groups in total. The fourth-order valence-electron chi connectivity index (χ4n) is 1.33. The third-order valence-electron chi connectivity index (χ3n) is 2.05. The van der Waals surface area contributed by atoms with Crippen LogP contribution < -0.4 is 15.8 Å². The molecule has 0 saturated heterocycles. The van der Waals surface area contributed by atoms with Crippen LogP contribution in [0.1, 0.15) is 20.3 Å². The maximum atomic E-state index is 5.49. The molecule has 0 aliphatic heterocycles. The van der Waals surface area contributed by atoms with Crippen molar-refractivity contribution in [3.8, 4) is 5.75 Å². The maximum absolute atomic E-state index is 5.49. The predicted octanol–water partition coefficient (Wildman–Crippen LogP) is 1.63. The van der Waals surface area contributed by atoms with Gasteiger partial charge in [0.05, 0.1) is 6.61 Å². The predicted molar refractivity (Wildman–Crippen MR) is 62.2 cm³/mol. The van der Waals surface area contributed by atoms with Gasteiger partial charge in [-0.3, -0.25) is 0 Å². The number of pyridine rings is 1. The van der Waals surface area contributed by atoms with Gasteiger partial charge < -0.3 is 15.8 Å². The normalized spacial score (nSPS) is 12.2. The number of rotatable bonds is 6. The van der Waals surface area contributed by atoms with Crippen molar-refractivity contribution in [2.24, 2.45) is 5.73 Å². The van der Waals surface area contributed by atoms with Crippen LogP contribution in [0.2, 0.25) is 0 Å². The highest BCUT2D eigenvalue weighted by Gasteiger charge is 2.06. The number of hydrogen-bond donors (Lipinski definition) is 2. The summed E-state index contributed by atoms with van der Waals surface area (Å²) in [5.41, 5.74) is 5.49. The molecule has 0 fully saturated rings. The van der Waals surface area contributed by atoms with Crippen LogP contribution in [0.5, 0.6) is 5.75 Å². The molecule has 0 spiro atoms. The van der Waals surface area contributed by atoms with Gasteiger partial charge in [-0.15, -0.1) is 0 Å². The van der Waals surface area contributed by atoms with Gasteiger partial charge in [0, 0.05) is 12.2 Å². The molecule has 0 aliphatic rings. The minimum absolute atomic E-state index is 0.309. The molecule has 4 heteroatoms.